The number of carbonyl (C=O) groups excluding carboxylic acids is 1. The van der Waals surface area contributed by atoms with Gasteiger partial charge in [0.25, 0.3) is 0 Å². The number of rotatable bonds is 2. The van der Waals surface area contributed by atoms with Crippen LogP contribution in [0.2, 0.25) is 0 Å². The summed E-state index contributed by atoms with van der Waals surface area (Å²) >= 11 is 0. The van der Waals surface area contributed by atoms with Crippen molar-refractivity contribution in [3.63, 3.8) is 0 Å². The number of hydrogen-bond donors (Lipinski definition) is 1. The summed E-state index contributed by atoms with van der Waals surface area (Å²) in [5, 5.41) is 9.49. The van der Waals surface area contributed by atoms with Gasteiger partial charge in [0.15, 0.2) is 0 Å². The maximum atomic E-state index is 13.0. The molecule has 120 valence electrons. The predicted octanol–water partition coefficient (Wildman–Crippen LogP) is 3.00. The molecule has 0 saturated carbocycles. The molecule has 1 amide bonds. The third-order valence-corrected chi connectivity index (χ3v) is 3.58. The monoisotopic (exact) mass is 309 g/mol. The van der Waals surface area contributed by atoms with Gasteiger partial charge in [-0.15, -0.1) is 0 Å². The maximum absolute atomic E-state index is 13.0. The second-order valence-corrected chi connectivity index (χ2v) is 6.40. The van der Waals surface area contributed by atoms with Crippen LogP contribution in [0.4, 0.5) is 9.18 Å². The molecular weight excluding hydrogens is 289 g/mol. The summed E-state index contributed by atoms with van der Waals surface area (Å²) in [6.45, 7) is 5.49. The molecule has 1 aliphatic heterocycles. The normalized spacial score (nSPS) is 21.7. The number of ether oxygens (including phenoxy) is 1. The van der Waals surface area contributed by atoms with E-state index in [0.717, 1.165) is 0 Å². The van der Waals surface area contributed by atoms with Crippen LogP contribution in [0.15, 0.2) is 24.3 Å². The molecule has 0 radical (unpaired) electrons. The third-order valence-electron chi connectivity index (χ3n) is 3.58. The lowest BCUT2D eigenvalue weighted by Crippen LogP contribution is -2.45. The minimum Gasteiger partial charge on any atom is -0.480 e. The van der Waals surface area contributed by atoms with Gasteiger partial charge in [-0.3, -0.25) is 4.90 Å². The first-order chi connectivity index (χ1) is 10.2. The van der Waals surface area contributed by atoms with Gasteiger partial charge in [-0.25, -0.2) is 14.0 Å². The van der Waals surface area contributed by atoms with Gasteiger partial charge in [-0.05, 0) is 44.9 Å². The van der Waals surface area contributed by atoms with E-state index in [1.54, 1.807) is 32.9 Å². The Bertz CT molecular complexity index is 565. The highest BCUT2D eigenvalue weighted by molar-refractivity contribution is 5.82. The first-order valence-electron chi connectivity index (χ1n) is 7.17. The maximum Gasteiger partial charge on any atom is 0.411 e. The zero-order chi connectivity index (χ0) is 16.5. The Labute approximate surface area is 128 Å². The van der Waals surface area contributed by atoms with Crippen molar-refractivity contribution in [2.24, 2.45) is 0 Å². The first kappa shape index (κ1) is 16.3. The van der Waals surface area contributed by atoms with Crippen molar-refractivity contribution in [1.29, 1.82) is 0 Å². The second kappa shape index (κ2) is 5.94. The highest BCUT2D eigenvalue weighted by Gasteiger charge is 2.44. The van der Waals surface area contributed by atoms with Crippen LogP contribution in [0.1, 0.15) is 38.7 Å². The summed E-state index contributed by atoms with van der Waals surface area (Å²) in [5.74, 6) is -1.83. The molecule has 1 N–H and O–H groups in total. The number of amides is 1. The zero-order valence-corrected chi connectivity index (χ0v) is 12.9. The molecule has 0 aliphatic carbocycles. The smallest absolute Gasteiger partial charge is 0.411 e. The van der Waals surface area contributed by atoms with Gasteiger partial charge in [0.1, 0.15) is 17.5 Å². The highest BCUT2D eigenvalue weighted by atomic mass is 19.1. The van der Waals surface area contributed by atoms with Crippen molar-refractivity contribution in [2.75, 3.05) is 6.54 Å². The largest absolute Gasteiger partial charge is 0.480 e. The molecule has 1 fully saturated rings. The number of carboxylic acids is 1. The number of hydrogen-bond acceptors (Lipinski definition) is 3. The molecule has 0 unspecified atom stereocenters. The van der Waals surface area contributed by atoms with Crippen LogP contribution in [-0.2, 0) is 9.53 Å². The van der Waals surface area contributed by atoms with Crippen LogP contribution in [0.25, 0.3) is 0 Å². The highest BCUT2D eigenvalue weighted by Crippen LogP contribution is 2.34. The number of aliphatic carboxylic acids is 1. The molecule has 1 aliphatic rings. The molecule has 6 heteroatoms. The average Bonchev–Trinajstić information content (AvgIpc) is 2.82. The third kappa shape index (κ3) is 3.55. The Morgan fingerprint density at radius 1 is 1.27 bits per heavy atom. The van der Waals surface area contributed by atoms with Crippen molar-refractivity contribution in [2.45, 2.75) is 44.8 Å². The van der Waals surface area contributed by atoms with Crippen LogP contribution in [0.5, 0.6) is 0 Å². The van der Waals surface area contributed by atoms with Crippen LogP contribution in [-0.4, -0.2) is 40.3 Å². The fourth-order valence-corrected chi connectivity index (χ4v) is 2.68. The molecule has 1 aromatic rings. The molecule has 0 aromatic heterocycles. The Kier molecular flexibility index (Phi) is 4.39. The van der Waals surface area contributed by atoms with Crippen LogP contribution in [0.3, 0.4) is 0 Å². The fraction of sp³-hybridized carbons (Fsp3) is 0.500. The van der Waals surface area contributed by atoms with Crippen LogP contribution >= 0.6 is 0 Å². The number of benzene rings is 1. The lowest BCUT2D eigenvalue weighted by molar-refractivity contribution is -0.142. The molecule has 2 rings (SSSR count). The first-order valence-corrected chi connectivity index (χ1v) is 7.17. The van der Waals surface area contributed by atoms with Gasteiger partial charge in [-0.1, -0.05) is 12.1 Å². The molecule has 0 spiro atoms. The van der Waals surface area contributed by atoms with Gasteiger partial charge in [-0.2, -0.15) is 0 Å². The molecule has 5 nitrogen and oxygen atoms in total. The Morgan fingerprint density at radius 2 is 1.86 bits per heavy atom. The second-order valence-electron chi connectivity index (χ2n) is 6.40. The Hall–Kier alpha value is -2.11. The molecule has 1 aromatic carbocycles. The zero-order valence-electron chi connectivity index (χ0n) is 12.9. The van der Waals surface area contributed by atoms with Gasteiger partial charge in [0.2, 0.25) is 0 Å². The summed E-state index contributed by atoms with van der Waals surface area (Å²) in [4.78, 5) is 25.0. The number of carboxylic acid groups (broad SMARTS) is 1. The molecular formula is C16H20FNO4. The molecule has 1 saturated heterocycles. The number of likely N-dealkylation sites (tertiary alicyclic amines) is 1. The van der Waals surface area contributed by atoms with Gasteiger partial charge < -0.3 is 9.84 Å². The van der Waals surface area contributed by atoms with E-state index in [1.807, 2.05) is 0 Å². The quantitative estimate of drug-likeness (QED) is 0.912. The van der Waals surface area contributed by atoms with Crippen molar-refractivity contribution in [1.82, 2.24) is 4.90 Å². The number of nitrogens with zero attached hydrogens (tertiary/aromatic N) is 1. The Balaban J connectivity index is 2.23. The van der Waals surface area contributed by atoms with E-state index in [-0.39, 0.29) is 11.7 Å². The van der Waals surface area contributed by atoms with E-state index in [1.165, 1.54) is 17.0 Å². The Morgan fingerprint density at radius 3 is 2.36 bits per heavy atom. The standard InChI is InChI=1S/C16H20FNO4/c1-16(2,3)22-15(21)18-9-8-12(13(18)14(19)20)10-4-6-11(17)7-5-10/h4-7,12-13H,8-9H2,1-3H3,(H,19,20)/t12-,13-/m0/s1. The minimum atomic E-state index is -1.09. The van der Waals surface area contributed by atoms with E-state index in [4.69, 9.17) is 4.74 Å². The summed E-state index contributed by atoms with van der Waals surface area (Å²) in [7, 11) is 0. The van der Waals surface area contributed by atoms with E-state index in [2.05, 4.69) is 0 Å². The van der Waals surface area contributed by atoms with Crippen LogP contribution in [0, 0.1) is 5.82 Å². The fourth-order valence-electron chi connectivity index (χ4n) is 2.68. The average molecular weight is 309 g/mol. The van der Waals surface area contributed by atoms with E-state index in [0.29, 0.717) is 18.5 Å². The van der Waals surface area contributed by atoms with Gasteiger partial charge in [0, 0.05) is 12.5 Å². The lowest BCUT2D eigenvalue weighted by Gasteiger charge is -2.28. The molecule has 2 atom stereocenters. The summed E-state index contributed by atoms with van der Waals surface area (Å²) in [6.07, 6.45) is -0.133. The van der Waals surface area contributed by atoms with Gasteiger partial charge in [0.05, 0.1) is 0 Å². The van der Waals surface area contributed by atoms with Crippen molar-refractivity contribution in [3.05, 3.63) is 35.6 Å². The summed E-state index contributed by atoms with van der Waals surface area (Å²) < 4.78 is 18.3. The van der Waals surface area contributed by atoms with Crippen molar-refractivity contribution >= 4 is 12.1 Å². The van der Waals surface area contributed by atoms with Crippen LogP contribution < -0.4 is 0 Å². The lowest BCUT2D eigenvalue weighted by atomic mass is 9.92. The summed E-state index contributed by atoms with van der Waals surface area (Å²) in [5.41, 5.74) is 0.0218. The van der Waals surface area contributed by atoms with Gasteiger partial charge >= 0.3 is 12.1 Å². The minimum absolute atomic E-state index is 0.300. The van der Waals surface area contributed by atoms with E-state index >= 15 is 0 Å². The summed E-state index contributed by atoms with van der Waals surface area (Å²) in [6, 6.07) is 4.72. The van der Waals surface area contributed by atoms with E-state index in [9.17, 15) is 19.1 Å². The van der Waals surface area contributed by atoms with E-state index < -0.39 is 23.7 Å². The predicted molar refractivity (Wildman–Crippen MR) is 78.1 cm³/mol. The SMILES string of the molecule is CC(C)(C)OC(=O)N1CC[C@@H](c2ccc(F)cc2)[C@H]1C(=O)O. The van der Waals surface area contributed by atoms with Crippen molar-refractivity contribution < 1.29 is 23.8 Å². The molecule has 0 bridgehead atoms. The molecule has 22 heavy (non-hydrogen) atoms. The number of carbonyl (C=O) groups is 2. The topological polar surface area (TPSA) is 66.8 Å². The number of halogens is 1. The molecule has 1 heterocycles. The van der Waals surface area contributed by atoms with Crippen molar-refractivity contribution in [3.8, 4) is 0 Å².